The second-order valence-electron chi connectivity index (χ2n) is 1.07. The molecular formula is C4H7AlNO2Sn. The molecule has 0 fully saturated rings. The number of carbonyl (C=O) groups excluding carboxylic acids is 2. The van der Waals surface area contributed by atoms with Gasteiger partial charge in [-0.2, -0.15) is 0 Å². The number of primary amides is 1. The molecule has 0 aromatic heterocycles. The van der Waals surface area contributed by atoms with Crippen molar-refractivity contribution in [2.24, 2.45) is 5.73 Å². The Labute approximate surface area is 75.2 Å². The van der Waals surface area contributed by atoms with Gasteiger partial charge in [-0.25, -0.2) is 0 Å². The fourth-order valence-electron chi connectivity index (χ4n) is 0.142. The first-order valence-corrected chi connectivity index (χ1v) is 4.73. The Bertz CT molecular complexity index is 126. The SMILES string of the molecule is C=O.NC(=O)/[C]([Sn])=[CH]\[AlH2]. The number of carbonyl (C=O) groups is 2. The summed E-state index contributed by atoms with van der Waals surface area (Å²) in [7, 11) is 0. The summed E-state index contributed by atoms with van der Waals surface area (Å²) in [6.07, 6.45) is 0. The van der Waals surface area contributed by atoms with Crippen molar-refractivity contribution in [3.05, 3.63) is 8.53 Å². The molecule has 0 aromatic rings. The molecule has 2 N–H and O–H groups in total. The van der Waals surface area contributed by atoms with Gasteiger partial charge in [-0.3, -0.25) is 0 Å². The molecular weight excluding hydrogens is 240 g/mol. The van der Waals surface area contributed by atoms with E-state index < -0.39 is 0 Å². The number of hydrogen-bond acceptors (Lipinski definition) is 2. The van der Waals surface area contributed by atoms with Crippen LogP contribution in [0.2, 0.25) is 0 Å². The van der Waals surface area contributed by atoms with Gasteiger partial charge in [0.05, 0.1) is 0 Å². The Balaban J connectivity index is 0. The van der Waals surface area contributed by atoms with Gasteiger partial charge in [0.15, 0.2) is 0 Å². The van der Waals surface area contributed by atoms with Crippen LogP contribution in [0.25, 0.3) is 0 Å². The molecule has 0 aromatic carbocycles. The Morgan fingerprint density at radius 2 is 2.00 bits per heavy atom. The molecule has 0 rings (SSSR count). The molecule has 0 heterocycles. The summed E-state index contributed by atoms with van der Waals surface area (Å²) in [6, 6.07) is 0. The van der Waals surface area contributed by atoms with E-state index in [-0.39, 0.29) is 5.91 Å². The molecule has 0 unspecified atom stereocenters. The van der Waals surface area contributed by atoms with Crippen LogP contribution >= 0.6 is 0 Å². The van der Waals surface area contributed by atoms with Gasteiger partial charge in [0.2, 0.25) is 0 Å². The molecule has 9 heavy (non-hydrogen) atoms. The van der Waals surface area contributed by atoms with Crippen molar-refractivity contribution < 1.29 is 9.59 Å². The van der Waals surface area contributed by atoms with E-state index in [0.29, 0.717) is 0 Å². The average molecular weight is 247 g/mol. The molecule has 0 bridgehead atoms. The summed E-state index contributed by atoms with van der Waals surface area (Å²) in [4.78, 5) is 20.0. The molecule has 3 radical (unpaired) electrons. The fourth-order valence-corrected chi connectivity index (χ4v) is 0.427. The number of amides is 1. The summed E-state index contributed by atoms with van der Waals surface area (Å²) in [5.74, 6) is -0.270. The maximum absolute atomic E-state index is 10.1. The minimum atomic E-state index is -0.270. The second kappa shape index (κ2) is 8.21. The third-order valence-corrected chi connectivity index (χ3v) is 4.31. The van der Waals surface area contributed by atoms with E-state index in [1.165, 1.54) is 0 Å². The van der Waals surface area contributed by atoms with Gasteiger partial charge in [0, 0.05) is 0 Å². The van der Waals surface area contributed by atoms with Crippen LogP contribution in [0, 0.1) is 0 Å². The zero-order valence-electron chi connectivity index (χ0n) is 5.18. The summed E-state index contributed by atoms with van der Waals surface area (Å²) < 4.78 is 0.763. The molecule has 5 heteroatoms. The van der Waals surface area contributed by atoms with Crippen molar-refractivity contribution in [1.82, 2.24) is 0 Å². The van der Waals surface area contributed by atoms with E-state index in [9.17, 15) is 4.79 Å². The second-order valence-corrected chi connectivity index (χ2v) is 3.18. The summed E-state index contributed by atoms with van der Waals surface area (Å²) in [6.45, 7) is 2.00. The van der Waals surface area contributed by atoms with Gasteiger partial charge in [-0.05, 0) is 0 Å². The molecule has 3 nitrogen and oxygen atoms in total. The Morgan fingerprint density at radius 3 is 2.00 bits per heavy atom. The summed E-state index contributed by atoms with van der Waals surface area (Å²) in [5.41, 5.74) is 4.88. The molecule has 0 spiro atoms. The third-order valence-electron chi connectivity index (χ3n) is 0.554. The van der Waals surface area contributed by atoms with Crippen molar-refractivity contribution in [2.45, 2.75) is 0 Å². The van der Waals surface area contributed by atoms with Crippen molar-refractivity contribution in [1.29, 1.82) is 0 Å². The van der Waals surface area contributed by atoms with Gasteiger partial charge in [0.25, 0.3) is 0 Å². The monoisotopic (exact) mass is 248 g/mol. The molecule has 0 aliphatic heterocycles. The van der Waals surface area contributed by atoms with E-state index in [0.717, 1.165) is 42.4 Å². The zero-order chi connectivity index (χ0) is 7.86. The van der Waals surface area contributed by atoms with Crippen LogP contribution < -0.4 is 5.73 Å². The standard InChI is InChI=1S/C3H3NO.CH2O.Al.Sn.2H/c1-2-3(4)5;1-2;;;;/h1H,(H2,4,5);1H2;;;;. The summed E-state index contributed by atoms with van der Waals surface area (Å²) >= 11 is 2.05. The molecule has 1 amide bonds. The van der Waals surface area contributed by atoms with Crippen LogP contribution in [-0.2, 0) is 9.59 Å². The van der Waals surface area contributed by atoms with E-state index in [1.807, 2.05) is 11.7 Å². The van der Waals surface area contributed by atoms with Gasteiger partial charge in [0.1, 0.15) is 6.79 Å². The van der Waals surface area contributed by atoms with E-state index in [1.54, 1.807) is 0 Å². The predicted molar refractivity (Wildman–Crippen MR) is 38.7 cm³/mol. The van der Waals surface area contributed by atoms with Gasteiger partial charge < -0.3 is 4.79 Å². The Hall–Kier alpha value is 0.211. The minimum absolute atomic E-state index is 0.270. The third kappa shape index (κ3) is 8.21. The van der Waals surface area contributed by atoms with Gasteiger partial charge in [-0.1, -0.05) is 0 Å². The quantitative estimate of drug-likeness (QED) is 0.427. The Morgan fingerprint density at radius 1 is 1.67 bits per heavy atom. The molecule has 0 saturated carbocycles. The molecule has 0 saturated heterocycles. The van der Waals surface area contributed by atoms with E-state index in [2.05, 4.69) is 0 Å². The fraction of sp³-hybridized carbons (Fsp3) is 0. The van der Waals surface area contributed by atoms with Crippen LogP contribution in [-0.4, -0.2) is 51.5 Å². The number of hydrogen-bond donors (Lipinski definition) is 1. The molecule has 0 atom stereocenters. The molecule has 0 aliphatic rings. The topological polar surface area (TPSA) is 60.2 Å². The van der Waals surface area contributed by atoms with Gasteiger partial charge >= 0.3 is 63.8 Å². The summed E-state index contributed by atoms with van der Waals surface area (Å²) in [5, 5.41) is 0. The van der Waals surface area contributed by atoms with Crippen molar-refractivity contribution in [2.75, 3.05) is 0 Å². The normalized spacial score (nSPS) is 9.22. The average Bonchev–Trinajstić information content (AvgIpc) is 1.91. The van der Waals surface area contributed by atoms with E-state index in [4.69, 9.17) is 10.5 Å². The number of nitrogens with two attached hydrogens (primary N) is 1. The van der Waals surface area contributed by atoms with Crippen LogP contribution in [0.15, 0.2) is 8.53 Å². The molecule has 0 aliphatic carbocycles. The van der Waals surface area contributed by atoms with Crippen LogP contribution in [0.5, 0.6) is 0 Å². The molecule has 47 valence electrons. The van der Waals surface area contributed by atoms with Crippen LogP contribution in [0.4, 0.5) is 0 Å². The first-order valence-electron chi connectivity index (χ1n) is 2.15. The first-order chi connectivity index (χ1) is 4.18. The first kappa shape index (κ1) is 11.9. The van der Waals surface area contributed by atoms with E-state index >= 15 is 0 Å². The van der Waals surface area contributed by atoms with Crippen LogP contribution in [0.3, 0.4) is 0 Å². The predicted octanol–water partition coefficient (Wildman–Crippen LogP) is -2.07. The zero-order valence-corrected chi connectivity index (χ0v) is 10.0. The number of rotatable bonds is 1. The Kier molecular flexibility index (Phi) is 10.9. The van der Waals surface area contributed by atoms with Crippen molar-refractivity contribution in [3.8, 4) is 0 Å². The van der Waals surface area contributed by atoms with Crippen LogP contribution in [0.1, 0.15) is 0 Å². The van der Waals surface area contributed by atoms with Gasteiger partial charge in [-0.15, -0.1) is 0 Å². The van der Waals surface area contributed by atoms with Crippen molar-refractivity contribution >= 4 is 51.5 Å². The van der Waals surface area contributed by atoms with Crippen molar-refractivity contribution in [3.63, 3.8) is 0 Å². The maximum atomic E-state index is 10.1.